The van der Waals surface area contributed by atoms with Crippen molar-refractivity contribution in [2.24, 2.45) is 0 Å². The van der Waals surface area contributed by atoms with Crippen LogP contribution < -0.4 is 9.64 Å². The fraction of sp³-hybridized carbons (Fsp3) is 0.429. The molecule has 6 nitrogen and oxygen atoms in total. The molecule has 1 amide bonds. The molecule has 1 aliphatic heterocycles. The van der Waals surface area contributed by atoms with Gasteiger partial charge in [0.2, 0.25) is 5.91 Å². The lowest BCUT2D eigenvalue weighted by molar-refractivity contribution is -0.132. The van der Waals surface area contributed by atoms with Crippen LogP contribution in [0.15, 0.2) is 42.6 Å². The zero-order chi connectivity index (χ0) is 19.2. The molecule has 2 aromatic rings. The van der Waals surface area contributed by atoms with Crippen LogP contribution in [0.2, 0.25) is 0 Å². The van der Waals surface area contributed by atoms with E-state index in [2.05, 4.69) is 22.9 Å². The standard InChI is InChI=1S/C21H28N4O2/c1-17-7-8-19(27-3)18(14-17)15-23(2)16-21(26)25-12-10-24(11-13-25)20-6-4-5-9-22-20/h4-9,14H,10-13,15-16H2,1-3H3. The van der Waals surface area contributed by atoms with E-state index < -0.39 is 0 Å². The number of nitrogens with zero attached hydrogens (tertiary/aromatic N) is 4. The molecule has 0 aliphatic carbocycles. The van der Waals surface area contributed by atoms with Gasteiger partial charge in [0.15, 0.2) is 0 Å². The van der Waals surface area contributed by atoms with Gasteiger partial charge in [-0.05, 0) is 32.2 Å². The third-order valence-corrected chi connectivity index (χ3v) is 4.89. The van der Waals surface area contributed by atoms with Crippen molar-refractivity contribution in [2.75, 3.05) is 51.8 Å². The molecule has 1 aromatic heterocycles. The fourth-order valence-corrected chi connectivity index (χ4v) is 3.43. The average Bonchev–Trinajstić information content (AvgIpc) is 2.69. The molecule has 1 aromatic carbocycles. The number of carbonyl (C=O) groups is 1. The minimum absolute atomic E-state index is 0.171. The van der Waals surface area contributed by atoms with E-state index in [1.165, 1.54) is 5.56 Å². The number of methoxy groups -OCH3 is 1. The van der Waals surface area contributed by atoms with Crippen LogP contribution in [-0.4, -0.2) is 67.6 Å². The predicted molar refractivity (Wildman–Crippen MR) is 107 cm³/mol. The van der Waals surface area contributed by atoms with Crippen LogP contribution in [0, 0.1) is 6.92 Å². The number of benzene rings is 1. The van der Waals surface area contributed by atoms with E-state index in [0.717, 1.165) is 43.3 Å². The number of pyridine rings is 1. The zero-order valence-electron chi connectivity index (χ0n) is 16.4. The maximum Gasteiger partial charge on any atom is 0.236 e. The number of carbonyl (C=O) groups excluding carboxylic acids is 1. The van der Waals surface area contributed by atoms with Crippen LogP contribution in [0.25, 0.3) is 0 Å². The lowest BCUT2D eigenvalue weighted by Gasteiger charge is -2.36. The Bertz CT molecular complexity index is 758. The van der Waals surface area contributed by atoms with E-state index in [0.29, 0.717) is 13.1 Å². The Morgan fingerprint density at radius 2 is 1.96 bits per heavy atom. The van der Waals surface area contributed by atoms with E-state index in [1.54, 1.807) is 13.3 Å². The largest absolute Gasteiger partial charge is 0.496 e. The van der Waals surface area contributed by atoms with Crippen molar-refractivity contribution in [1.29, 1.82) is 0 Å². The van der Waals surface area contributed by atoms with E-state index in [9.17, 15) is 4.79 Å². The SMILES string of the molecule is COc1ccc(C)cc1CN(C)CC(=O)N1CCN(c2ccccn2)CC1. The molecule has 27 heavy (non-hydrogen) atoms. The average molecular weight is 368 g/mol. The van der Waals surface area contributed by atoms with Gasteiger partial charge in [-0.3, -0.25) is 9.69 Å². The van der Waals surface area contributed by atoms with Gasteiger partial charge in [-0.1, -0.05) is 23.8 Å². The summed E-state index contributed by atoms with van der Waals surface area (Å²) in [6.45, 7) is 6.25. The molecule has 0 radical (unpaired) electrons. The number of piperazine rings is 1. The van der Waals surface area contributed by atoms with Gasteiger partial charge in [0.1, 0.15) is 11.6 Å². The van der Waals surface area contributed by atoms with Crippen molar-refractivity contribution in [2.45, 2.75) is 13.5 Å². The summed E-state index contributed by atoms with van der Waals surface area (Å²) in [6, 6.07) is 12.1. The molecule has 0 N–H and O–H groups in total. The van der Waals surface area contributed by atoms with Gasteiger partial charge in [-0.15, -0.1) is 0 Å². The Labute approximate surface area is 161 Å². The van der Waals surface area contributed by atoms with E-state index in [4.69, 9.17) is 4.74 Å². The van der Waals surface area contributed by atoms with Gasteiger partial charge >= 0.3 is 0 Å². The minimum atomic E-state index is 0.171. The maximum absolute atomic E-state index is 12.7. The van der Waals surface area contributed by atoms with Crippen molar-refractivity contribution in [3.63, 3.8) is 0 Å². The number of aryl methyl sites for hydroxylation is 1. The second-order valence-electron chi connectivity index (χ2n) is 7.04. The highest BCUT2D eigenvalue weighted by Gasteiger charge is 2.22. The lowest BCUT2D eigenvalue weighted by Crippen LogP contribution is -2.51. The van der Waals surface area contributed by atoms with Gasteiger partial charge in [-0.25, -0.2) is 4.98 Å². The molecule has 0 spiro atoms. The smallest absolute Gasteiger partial charge is 0.236 e. The second kappa shape index (κ2) is 8.86. The Morgan fingerprint density at radius 3 is 2.63 bits per heavy atom. The molecule has 2 heterocycles. The third kappa shape index (κ3) is 4.98. The van der Waals surface area contributed by atoms with Gasteiger partial charge in [0, 0.05) is 44.5 Å². The minimum Gasteiger partial charge on any atom is -0.496 e. The quantitative estimate of drug-likeness (QED) is 0.782. The molecule has 0 bridgehead atoms. The van der Waals surface area contributed by atoms with Crippen LogP contribution in [0.5, 0.6) is 5.75 Å². The molecule has 6 heteroatoms. The van der Waals surface area contributed by atoms with Crippen molar-refractivity contribution in [3.05, 3.63) is 53.7 Å². The first kappa shape index (κ1) is 19.2. The van der Waals surface area contributed by atoms with Crippen molar-refractivity contribution in [3.8, 4) is 5.75 Å². The predicted octanol–water partition coefficient (Wildman–Crippen LogP) is 2.18. The number of rotatable bonds is 6. The molecule has 144 valence electrons. The summed E-state index contributed by atoms with van der Waals surface area (Å²) in [5.41, 5.74) is 2.30. The number of hydrogen-bond acceptors (Lipinski definition) is 5. The van der Waals surface area contributed by atoms with Gasteiger partial charge in [0.25, 0.3) is 0 Å². The summed E-state index contributed by atoms with van der Waals surface area (Å²) in [5.74, 6) is 2.02. The van der Waals surface area contributed by atoms with Crippen LogP contribution in [0.3, 0.4) is 0 Å². The lowest BCUT2D eigenvalue weighted by atomic mass is 10.1. The molecule has 1 aliphatic rings. The number of hydrogen-bond donors (Lipinski definition) is 0. The highest BCUT2D eigenvalue weighted by molar-refractivity contribution is 5.78. The van der Waals surface area contributed by atoms with Crippen molar-refractivity contribution < 1.29 is 9.53 Å². The number of amides is 1. The first-order valence-corrected chi connectivity index (χ1v) is 9.32. The molecule has 1 saturated heterocycles. The number of likely N-dealkylation sites (N-methyl/N-ethyl adjacent to an activating group) is 1. The fourth-order valence-electron chi connectivity index (χ4n) is 3.43. The molecule has 0 atom stereocenters. The van der Waals surface area contributed by atoms with Crippen LogP contribution in [-0.2, 0) is 11.3 Å². The molecule has 3 rings (SSSR count). The normalized spacial score (nSPS) is 14.5. The van der Waals surface area contributed by atoms with Crippen molar-refractivity contribution in [1.82, 2.24) is 14.8 Å². The number of anilines is 1. The summed E-state index contributed by atoms with van der Waals surface area (Å²) < 4.78 is 5.44. The van der Waals surface area contributed by atoms with Crippen molar-refractivity contribution >= 4 is 11.7 Å². The topological polar surface area (TPSA) is 48.9 Å². The summed E-state index contributed by atoms with van der Waals surface area (Å²) in [6.07, 6.45) is 1.81. The zero-order valence-corrected chi connectivity index (χ0v) is 16.4. The first-order valence-electron chi connectivity index (χ1n) is 9.32. The summed E-state index contributed by atoms with van der Waals surface area (Å²) >= 11 is 0. The third-order valence-electron chi connectivity index (χ3n) is 4.89. The molecule has 1 fully saturated rings. The Balaban J connectivity index is 1.51. The molecular formula is C21H28N4O2. The Kier molecular flexibility index (Phi) is 6.29. The highest BCUT2D eigenvalue weighted by atomic mass is 16.5. The monoisotopic (exact) mass is 368 g/mol. The summed E-state index contributed by atoms with van der Waals surface area (Å²) in [7, 11) is 3.66. The first-order chi connectivity index (χ1) is 13.1. The molecular weight excluding hydrogens is 340 g/mol. The molecule has 0 saturated carbocycles. The van der Waals surface area contributed by atoms with Crippen LogP contribution in [0.4, 0.5) is 5.82 Å². The molecule has 0 unspecified atom stereocenters. The van der Waals surface area contributed by atoms with Gasteiger partial charge in [-0.2, -0.15) is 0 Å². The van der Waals surface area contributed by atoms with E-state index in [-0.39, 0.29) is 5.91 Å². The van der Waals surface area contributed by atoms with Crippen LogP contribution in [0.1, 0.15) is 11.1 Å². The second-order valence-corrected chi connectivity index (χ2v) is 7.04. The highest BCUT2D eigenvalue weighted by Crippen LogP contribution is 2.21. The van der Waals surface area contributed by atoms with E-state index in [1.807, 2.05) is 47.2 Å². The van der Waals surface area contributed by atoms with Crippen LogP contribution >= 0.6 is 0 Å². The number of aromatic nitrogens is 1. The Morgan fingerprint density at radius 1 is 1.19 bits per heavy atom. The number of ether oxygens (including phenoxy) is 1. The van der Waals surface area contributed by atoms with Gasteiger partial charge < -0.3 is 14.5 Å². The Hall–Kier alpha value is -2.60. The van der Waals surface area contributed by atoms with Gasteiger partial charge in [0.05, 0.1) is 13.7 Å². The summed E-state index contributed by atoms with van der Waals surface area (Å²) in [4.78, 5) is 23.3. The van der Waals surface area contributed by atoms with E-state index >= 15 is 0 Å². The summed E-state index contributed by atoms with van der Waals surface area (Å²) in [5, 5.41) is 0. The maximum atomic E-state index is 12.7.